The number of rotatable bonds is 6. The molecular weight excluding hydrogens is 361 g/mol. The molecule has 0 aliphatic rings. The minimum Gasteiger partial charge on any atom is -0.323 e. The molecule has 0 aliphatic heterocycles. The number of hydrogen-bond donors (Lipinski definition) is 2. The largest absolute Gasteiger partial charge is 0.416 e. The first-order chi connectivity index (χ1) is 11.3. The van der Waals surface area contributed by atoms with Crippen LogP contribution in [0.25, 0.3) is 0 Å². The van der Waals surface area contributed by atoms with Gasteiger partial charge in [-0.25, -0.2) is 0 Å². The number of thiophene rings is 1. The van der Waals surface area contributed by atoms with E-state index in [1.54, 1.807) is 11.3 Å². The fraction of sp³-hybridized carbons (Fsp3) is 0.312. The van der Waals surface area contributed by atoms with Gasteiger partial charge in [-0.1, -0.05) is 17.7 Å². The highest BCUT2D eigenvalue weighted by atomic mass is 35.5. The average molecular weight is 378 g/mol. The van der Waals surface area contributed by atoms with Crippen LogP contribution in [0.2, 0.25) is 5.02 Å². The maximum Gasteiger partial charge on any atom is 0.416 e. The first kappa shape index (κ1) is 18.8. The van der Waals surface area contributed by atoms with Gasteiger partial charge in [0.2, 0.25) is 0 Å². The molecule has 0 bridgehead atoms. The first-order valence-corrected chi connectivity index (χ1v) is 8.58. The van der Waals surface area contributed by atoms with Crippen LogP contribution >= 0.6 is 22.9 Å². The fourth-order valence-corrected chi connectivity index (χ4v) is 3.13. The zero-order chi connectivity index (χ0) is 17.7. The van der Waals surface area contributed by atoms with Gasteiger partial charge in [0, 0.05) is 0 Å². The Morgan fingerprint density at radius 3 is 2.67 bits per heavy atom. The number of hydrogen-bond acceptors (Lipinski definition) is 2. The van der Waals surface area contributed by atoms with Gasteiger partial charge in [-0.3, -0.25) is 4.79 Å². The number of nitrogens with one attached hydrogen (secondary N) is 2. The molecule has 1 amide bonds. The number of alkyl halides is 3. The van der Waals surface area contributed by atoms with Crippen molar-refractivity contribution >= 4 is 34.5 Å². The van der Waals surface area contributed by atoms with Crippen molar-refractivity contribution in [2.24, 2.45) is 0 Å². The Morgan fingerprint density at radius 1 is 1.33 bits per heavy atom. The molecule has 0 fully saturated rings. The Kier molecular flexibility index (Phi) is 6.26. The van der Waals surface area contributed by atoms with E-state index in [9.17, 15) is 18.0 Å². The van der Waals surface area contributed by atoms with Crippen LogP contribution in [-0.4, -0.2) is 19.0 Å². The monoisotopic (exact) mass is 377 g/mol. The Labute approximate surface area is 147 Å². The van der Waals surface area contributed by atoms with E-state index >= 15 is 0 Å². The number of anilines is 1. The summed E-state index contributed by atoms with van der Waals surface area (Å²) in [6, 6.07) is 6.80. The highest BCUT2D eigenvalue weighted by Crippen LogP contribution is 2.33. The summed E-state index contributed by atoms with van der Waals surface area (Å²) < 4.78 is 38.3. The predicted molar refractivity (Wildman–Crippen MR) is 89.5 cm³/mol. The molecule has 0 radical (unpaired) electrons. The van der Waals surface area contributed by atoms with E-state index in [1.165, 1.54) is 0 Å². The third kappa shape index (κ3) is 5.22. The minimum absolute atomic E-state index is 0.0249. The van der Waals surface area contributed by atoms with E-state index < -0.39 is 11.7 Å². The highest BCUT2D eigenvalue weighted by molar-refractivity contribution is 7.09. The van der Waals surface area contributed by atoms with E-state index in [4.69, 9.17) is 11.6 Å². The second kappa shape index (κ2) is 8.00. The lowest BCUT2D eigenvalue weighted by molar-refractivity contribution is -0.903. The van der Waals surface area contributed by atoms with Crippen molar-refractivity contribution in [1.29, 1.82) is 0 Å². The molecule has 0 saturated carbocycles. The zero-order valence-electron chi connectivity index (χ0n) is 12.9. The molecular formula is C16H17ClF3N2OS+. The Morgan fingerprint density at radius 2 is 2.08 bits per heavy atom. The summed E-state index contributed by atoms with van der Waals surface area (Å²) in [6.07, 6.45) is -4.48. The number of halogens is 4. The molecule has 0 aliphatic carbocycles. The number of carbonyl (C=O) groups excluding carboxylic acids is 1. The van der Waals surface area contributed by atoms with Gasteiger partial charge in [0.05, 0.1) is 27.7 Å². The average Bonchev–Trinajstić information content (AvgIpc) is 3.00. The second-order valence-electron chi connectivity index (χ2n) is 5.28. The van der Waals surface area contributed by atoms with Crippen molar-refractivity contribution in [3.63, 3.8) is 0 Å². The van der Waals surface area contributed by atoms with Gasteiger partial charge in [0.15, 0.2) is 6.54 Å². The molecule has 1 heterocycles. The lowest BCUT2D eigenvalue weighted by atomic mass is 10.2. The molecule has 3 nitrogen and oxygen atoms in total. The SMILES string of the molecule is CC[NH+](CC(=O)Nc1cc(C(F)(F)F)ccc1Cl)Cc1cccs1. The Balaban J connectivity index is 2.03. The van der Waals surface area contributed by atoms with Crippen LogP contribution in [0.5, 0.6) is 0 Å². The van der Waals surface area contributed by atoms with E-state index in [0.29, 0.717) is 6.54 Å². The van der Waals surface area contributed by atoms with Crippen molar-refractivity contribution < 1.29 is 22.9 Å². The normalized spacial score (nSPS) is 12.9. The first-order valence-electron chi connectivity index (χ1n) is 7.32. The summed E-state index contributed by atoms with van der Waals surface area (Å²) in [5.41, 5.74) is -0.872. The van der Waals surface area contributed by atoms with Crippen LogP contribution in [0.15, 0.2) is 35.7 Å². The molecule has 8 heteroatoms. The molecule has 24 heavy (non-hydrogen) atoms. The van der Waals surface area contributed by atoms with Crippen LogP contribution < -0.4 is 10.2 Å². The predicted octanol–water partition coefficient (Wildman–Crippen LogP) is 3.46. The lowest BCUT2D eigenvalue weighted by Gasteiger charge is -2.17. The van der Waals surface area contributed by atoms with Crippen LogP contribution in [0.3, 0.4) is 0 Å². The summed E-state index contributed by atoms with van der Waals surface area (Å²) in [7, 11) is 0. The number of quaternary nitrogens is 1. The van der Waals surface area contributed by atoms with E-state index in [1.807, 2.05) is 24.4 Å². The molecule has 0 saturated heterocycles. The molecule has 1 aromatic heterocycles. The van der Waals surface area contributed by atoms with Gasteiger partial charge in [-0.05, 0) is 36.6 Å². The second-order valence-corrected chi connectivity index (χ2v) is 6.72. The van der Waals surface area contributed by atoms with Gasteiger partial charge in [-0.2, -0.15) is 13.2 Å². The van der Waals surface area contributed by atoms with Crippen molar-refractivity contribution in [2.45, 2.75) is 19.6 Å². The zero-order valence-corrected chi connectivity index (χ0v) is 14.5. The van der Waals surface area contributed by atoms with E-state index in [2.05, 4.69) is 5.32 Å². The maximum atomic E-state index is 12.8. The summed E-state index contributed by atoms with van der Waals surface area (Å²) in [6.45, 7) is 3.52. The lowest BCUT2D eigenvalue weighted by Crippen LogP contribution is -3.11. The number of likely N-dealkylation sites (N-methyl/N-ethyl adjacent to an activating group) is 1. The number of benzene rings is 1. The van der Waals surface area contributed by atoms with Gasteiger partial charge >= 0.3 is 6.18 Å². The van der Waals surface area contributed by atoms with Gasteiger partial charge in [0.25, 0.3) is 5.91 Å². The quantitative estimate of drug-likeness (QED) is 0.794. The summed E-state index contributed by atoms with van der Waals surface area (Å²) in [4.78, 5) is 14.3. The van der Waals surface area contributed by atoms with Crippen molar-refractivity contribution in [3.8, 4) is 0 Å². The van der Waals surface area contributed by atoms with Crippen molar-refractivity contribution in [3.05, 3.63) is 51.2 Å². The Bertz CT molecular complexity index is 689. The van der Waals surface area contributed by atoms with Crippen LogP contribution in [0.1, 0.15) is 17.4 Å². The van der Waals surface area contributed by atoms with Gasteiger partial charge < -0.3 is 10.2 Å². The smallest absolute Gasteiger partial charge is 0.323 e. The minimum atomic E-state index is -4.48. The summed E-state index contributed by atoms with van der Waals surface area (Å²) >= 11 is 7.49. The molecule has 2 rings (SSSR count). The molecule has 2 aromatic rings. The van der Waals surface area contributed by atoms with Crippen molar-refractivity contribution in [1.82, 2.24) is 0 Å². The molecule has 1 aromatic carbocycles. The van der Waals surface area contributed by atoms with Crippen LogP contribution in [-0.2, 0) is 17.5 Å². The van der Waals surface area contributed by atoms with Gasteiger partial charge in [0.1, 0.15) is 6.54 Å². The van der Waals surface area contributed by atoms with E-state index in [0.717, 1.165) is 34.5 Å². The molecule has 2 N–H and O–H groups in total. The Hall–Kier alpha value is -1.57. The standard InChI is InChI=1S/C16H16ClF3N2OS/c1-2-22(9-12-4-3-7-24-12)10-15(23)21-14-8-11(16(18,19)20)5-6-13(14)17/h3-8H,2,9-10H2,1H3,(H,21,23)/p+1. The topological polar surface area (TPSA) is 33.5 Å². The van der Waals surface area contributed by atoms with Crippen molar-refractivity contribution in [2.75, 3.05) is 18.4 Å². The van der Waals surface area contributed by atoms with Gasteiger partial charge in [-0.15, -0.1) is 11.3 Å². The van der Waals surface area contributed by atoms with Crippen LogP contribution in [0.4, 0.5) is 18.9 Å². The number of carbonyl (C=O) groups is 1. The molecule has 130 valence electrons. The summed E-state index contributed by atoms with van der Waals surface area (Å²) in [5.74, 6) is -0.371. The third-order valence-corrected chi connectivity index (χ3v) is 4.69. The van der Waals surface area contributed by atoms with Crippen LogP contribution in [0, 0.1) is 0 Å². The van der Waals surface area contributed by atoms with E-state index in [-0.39, 0.29) is 23.2 Å². The molecule has 1 atom stereocenters. The molecule has 1 unspecified atom stereocenters. The number of amides is 1. The highest BCUT2D eigenvalue weighted by Gasteiger charge is 2.31. The fourth-order valence-electron chi connectivity index (χ4n) is 2.19. The maximum absolute atomic E-state index is 12.8. The molecule has 0 spiro atoms. The third-order valence-electron chi connectivity index (χ3n) is 3.48. The summed E-state index contributed by atoms with van der Waals surface area (Å²) in [5, 5.41) is 4.52.